The third kappa shape index (κ3) is 5.22. The standard InChI is InChI=1S/C14H28O4/c1-10(2)7-5-3-4-6-8-12-14(17)13(16)11(15)9-18-12/h10-17H,3-9H2,1-2H3/t11-,12+,13?,14?/m1/s1. The minimum atomic E-state index is -1.07. The van der Waals surface area contributed by atoms with Gasteiger partial charge in [0.15, 0.2) is 0 Å². The van der Waals surface area contributed by atoms with Gasteiger partial charge in [-0.1, -0.05) is 46.0 Å². The van der Waals surface area contributed by atoms with Crippen molar-refractivity contribution in [3.63, 3.8) is 0 Å². The van der Waals surface area contributed by atoms with Crippen LogP contribution >= 0.6 is 0 Å². The Balaban J connectivity index is 2.08. The molecule has 0 amide bonds. The number of ether oxygens (including phenoxy) is 1. The molecule has 2 unspecified atom stereocenters. The highest BCUT2D eigenvalue weighted by molar-refractivity contribution is 4.86. The third-order valence-corrected chi connectivity index (χ3v) is 3.63. The van der Waals surface area contributed by atoms with Gasteiger partial charge in [0.2, 0.25) is 0 Å². The van der Waals surface area contributed by atoms with Crippen molar-refractivity contribution >= 4 is 0 Å². The third-order valence-electron chi connectivity index (χ3n) is 3.63. The van der Waals surface area contributed by atoms with Crippen molar-refractivity contribution in [1.82, 2.24) is 0 Å². The molecule has 1 heterocycles. The van der Waals surface area contributed by atoms with E-state index >= 15 is 0 Å². The summed E-state index contributed by atoms with van der Waals surface area (Å²) in [6.45, 7) is 4.59. The van der Waals surface area contributed by atoms with Crippen molar-refractivity contribution in [2.24, 2.45) is 5.92 Å². The largest absolute Gasteiger partial charge is 0.388 e. The topological polar surface area (TPSA) is 69.9 Å². The van der Waals surface area contributed by atoms with Crippen LogP contribution in [0.3, 0.4) is 0 Å². The molecule has 0 aromatic heterocycles. The molecule has 1 aliphatic heterocycles. The van der Waals surface area contributed by atoms with E-state index in [-0.39, 0.29) is 12.7 Å². The zero-order valence-electron chi connectivity index (χ0n) is 11.6. The number of hydrogen-bond donors (Lipinski definition) is 3. The van der Waals surface area contributed by atoms with Crippen LogP contribution in [-0.4, -0.2) is 46.3 Å². The highest BCUT2D eigenvalue weighted by Gasteiger charge is 2.36. The van der Waals surface area contributed by atoms with Gasteiger partial charge in [-0.25, -0.2) is 0 Å². The molecule has 0 aliphatic carbocycles. The molecule has 4 heteroatoms. The molecular weight excluding hydrogens is 232 g/mol. The number of aliphatic hydroxyl groups excluding tert-OH is 3. The predicted molar refractivity (Wildman–Crippen MR) is 70.3 cm³/mol. The van der Waals surface area contributed by atoms with Crippen molar-refractivity contribution < 1.29 is 20.1 Å². The van der Waals surface area contributed by atoms with E-state index in [2.05, 4.69) is 13.8 Å². The van der Waals surface area contributed by atoms with Gasteiger partial charge in [-0.05, 0) is 12.3 Å². The molecule has 1 saturated heterocycles. The molecule has 0 spiro atoms. The van der Waals surface area contributed by atoms with Crippen LogP contribution in [0.25, 0.3) is 0 Å². The lowest BCUT2D eigenvalue weighted by molar-refractivity contribution is -0.188. The van der Waals surface area contributed by atoms with Gasteiger partial charge in [-0.15, -0.1) is 0 Å². The second-order valence-corrected chi connectivity index (χ2v) is 5.81. The van der Waals surface area contributed by atoms with Gasteiger partial charge in [0.25, 0.3) is 0 Å². The first-order valence-corrected chi connectivity index (χ1v) is 7.18. The van der Waals surface area contributed by atoms with Gasteiger partial charge >= 0.3 is 0 Å². The fourth-order valence-corrected chi connectivity index (χ4v) is 2.37. The summed E-state index contributed by atoms with van der Waals surface area (Å²) in [6.07, 6.45) is 3.34. The Morgan fingerprint density at radius 1 is 1.00 bits per heavy atom. The molecule has 1 fully saturated rings. The van der Waals surface area contributed by atoms with Crippen molar-refractivity contribution in [2.45, 2.75) is 76.8 Å². The Morgan fingerprint density at radius 3 is 2.33 bits per heavy atom. The summed E-state index contributed by atoms with van der Waals surface area (Å²) < 4.78 is 5.36. The Morgan fingerprint density at radius 2 is 1.67 bits per heavy atom. The normalized spacial score (nSPS) is 33.0. The lowest BCUT2D eigenvalue weighted by Gasteiger charge is -2.35. The molecule has 0 aromatic carbocycles. The summed E-state index contributed by atoms with van der Waals surface area (Å²) in [5.74, 6) is 0.769. The van der Waals surface area contributed by atoms with Gasteiger partial charge in [0.05, 0.1) is 12.7 Å². The molecule has 0 bridgehead atoms. The maximum absolute atomic E-state index is 9.75. The van der Waals surface area contributed by atoms with E-state index in [1.54, 1.807) is 0 Å². The zero-order chi connectivity index (χ0) is 13.5. The van der Waals surface area contributed by atoms with E-state index in [0.717, 1.165) is 25.2 Å². The summed E-state index contributed by atoms with van der Waals surface area (Å²) in [6, 6.07) is 0. The van der Waals surface area contributed by atoms with Crippen LogP contribution < -0.4 is 0 Å². The monoisotopic (exact) mass is 260 g/mol. The van der Waals surface area contributed by atoms with Crippen LogP contribution in [0.15, 0.2) is 0 Å². The molecule has 18 heavy (non-hydrogen) atoms. The Bertz CT molecular complexity index is 220. The number of aliphatic hydroxyl groups is 3. The van der Waals surface area contributed by atoms with Crippen molar-refractivity contribution in [3.8, 4) is 0 Å². The van der Waals surface area contributed by atoms with E-state index in [1.165, 1.54) is 19.3 Å². The average molecular weight is 260 g/mol. The minimum Gasteiger partial charge on any atom is -0.388 e. The fraction of sp³-hybridized carbons (Fsp3) is 1.00. The predicted octanol–water partition coefficient (Wildman–Crippen LogP) is 1.46. The summed E-state index contributed by atoms with van der Waals surface area (Å²) in [7, 11) is 0. The Kier molecular flexibility index (Phi) is 7.15. The van der Waals surface area contributed by atoms with E-state index in [9.17, 15) is 15.3 Å². The van der Waals surface area contributed by atoms with Crippen LogP contribution in [0, 0.1) is 5.92 Å². The van der Waals surface area contributed by atoms with Crippen molar-refractivity contribution in [1.29, 1.82) is 0 Å². The van der Waals surface area contributed by atoms with E-state index < -0.39 is 18.3 Å². The van der Waals surface area contributed by atoms with Crippen LogP contribution in [0.5, 0.6) is 0 Å². The maximum Gasteiger partial charge on any atom is 0.111 e. The Labute approximate surface area is 110 Å². The molecule has 1 rings (SSSR count). The molecular formula is C14H28O4. The first kappa shape index (κ1) is 15.9. The van der Waals surface area contributed by atoms with Crippen molar-refractivity contribution in [3.05, 3.63) is 0 Å². The highest BCUT2D eigenvalue weighted by atomic mass is 16.5. The molecule has 108 valence electrons. The smallest absolute Gasteiger partial charge is 0.111 e. The van der Waals surface area contributed by atoms with Gasteiger partial charge in [0.1, 0.15) is 18.3 Å². The summed E-state index contributed by atoms with van der Waals surface area (Å²) in [5.41, 5.74) is 0. The highest BCUT2D eigenvalue weighted by Crippen LogP contribution is 2.20. The first-order chi connectivity index (χ1) is 8.52. The molecule has 3 N–H and O–H groups in total. The Hall–Kier alpha value is -0.160. The van der Waals surface area contributed by atoms with Gasteiger partial charge in [-0.3, -0.25) is 0 Å². The SMILES string of the molecule is CC(C)CCCCCC[C@@H]1OC[C@@H](O)C(O)C1O. The van der Waals surface area contributed by atoms with Gasteiger partial charge in [0, 0.05) is 0 Å². The second kappa shape index (κ2) is 8.10. The molecule has 4 nitrogen and oxygen atoms in total. The molecule has 0 radical (unpaired) electrons. The second-order valence-electron chi connectivity index (χ2n) is 5.81. The zero-order valence-corrected chi connectivity index (χ0v) is 11.6. The van der Waals surface area contributed by atoms with E-state index in [1.807, 2.05) is 0 Å². The van der Waals surface area contributed by atoms with E-state index in [4.69, 9.17) is 4.74 Å². The van der Waals surface area contributed by atoms with E-state index in [0.29, 0.717) is 0 Å². The van der Waals surface area contributed by atoms with Crippen molar-refractivity contribution in [2.75, 3.05) is 6.61 Å². The fourth-order valence-electron chi connectivity index (χ4n) is 2.37. The molecule has 0 aromatic rings. The number of unbranched alkanes of at least 4 members (excludes halogenated alkanes) is 3. The lowest BCUT2D eigenvalue weighted by Crippen LogP contribution is -2.52. The maximum atomic E-state index is 9.75. The van der Waals surface area contributed by atoms with Gasteiger partial charge < -0.3 is 20.1 Å². The van der Waals surface area contributed by atoms with Crippen LogP contribution in [-0.2, 0) is 4.74 Å². The average Bonchev–Trinajstić information content (AvgIpc) is 2.33. The first-order valence-electron chi connectivity index (χ1n) is 7.18. The summed E-state index contributed by atoms with van der Waals surface area (Å²) in [5, 5.41) is 28.6. The molecule has 0 saturated carbocycles. The summed E-state index contributed by atoms with van der Waals surface area (Å²) >= 11 is 0. The number of hydrogen-bond acceptors (Lipinski definition) is 4. The van der Waals surface area contributed by atoms with Crippen LogP contribution in [0.4, 0.5) is 0 Å². The van der Waals surface area contributed by atoms with Gasteiger partial charge in [-0.2, -0.15) is 0 Å². The lowest BCUT2D eigenvalue weighted by atomic mass is 9.95. The number of rotatable bonds is 7. The van der Waals surface area contributed by atoms with Crippen LogP contribution in [0.1, 0.15) is 52.4 Å². The summed E-state index contributed by atoms with van der Waals surface area (Å²) in [4.78, 5) is 0. The quantitative estimate of drug-likeness (QED) is 0.606. The molecule has 1 aliphatic rings. The molecule has 4 atom stereocenters. The minimum absolute atomic E-state index is 0.121. The van der Waals surface area contributed by atoms with Crippen LogP contribution in [0.2, 0.25) is 0 Å².